The van der Waals surface area contributed by atoms with Crippen molar-refractivity contribution >= 4 is 10.0 Å². The molecular weight excluding hydrogens is 326 g/mol. The van der Waals surface area contributed by atoms with Gasteiger partial charge in [-0.05, 0) is 58.1 Å². The predicted octanol–water partition coefficient (Wildman–Crippen LogP) is 3.65. The summed E-state index contributed by atoms with van der Waals surface area (Å²) >= 11 is 0. The van der Waals surface area contributed by atoms with E-state index in [2.05, 4.69) is 10.8 Å². The fourth-order valence-corrected chi connectivity index (χ4v) is 3.81. The number of allylic oxidation sites excluding steroid dienone is 1. The second-order valence-electron chi connectivity index (χ2n) is 5.73. The molecule has 0 bridgehead atoms. The summed E-state index contributed by atoms with van der Waals surface area (Å²) in [4.78, 5) is 0.201. The van der Waals surface area contributed by atoms with E-state index >= 15 is 0 Å². The van der Waals surface area contributed by atoms with Gasteiger partial charge in [0.05, 0.1) is 18.1 Å². The fraction of sp³-hybridized carbons (Fsp3) is 0.556. The fourth-order valence-electron chi connectivity index (χ4n) is 2.76. The molecule has 0 aliphatic heterocycles. The van der Waals surface area contributed by atoms with Crippen LogP contribution in [0.25, 0.3) is 0 Å². The van der Waals surface area contributed by atoms with E-state index in [1.165, 1.54) is 24.5 Å². The first-order chi connectivity index (χ1) is 11.6. The van der Waals surface area contributed by atoms with Gasteiger partial charge in [0.25, 0.3) is 0 Å². The van der Waals surface area contributed by atoms with E-state index in [1.807, 2.05) is 13.8 Å². The second kappa shape index (κ2) is 9.08. The maximum absolute atomic E-state index is 12.5. The number of benzene rings is 1. The first-order valence-corrected chi connectivity index (χ1v) is 10.1. The Bertz CT molecular complexity index is 668. The Morgan fingerprint density at radius 2 is 1.83 bits per heavy atom. The zero-order valence-electron chi connectivity index (χ0n) is 14.5. The molecule has 0 atom stereocenters. The molecule has 1 aromatic carbocycles. The van der Waals surface area contributed by atoms with Crippen LogP contribution in [0.2, 0.25) is 0 Å². The molecule has 1 aliphatic rings. The number of rotatable bonds is 9. The lowest BCUT2D eigenvalue weighted by Crippen LogP contribution is -2.25. The van der Waals surface area contributed by atoms with E-state index < -0.39 is 10.0 Å². The van der Waals surface area contributed by atoms with Crippen molar-refractivity contribution in [1.82, 2.24) is 4.72 Å². The quantitative estimate of drug-likeness (QED) is 0.688. The molecule has 24 heavy (non-hydrogen) atoms. The van der Waals surface area contributed by atoms with Crippen molar-refractivity contribution in [2.24, 2.45) is 0 Å². The second-order valence-corrected chi connectivity index (χ2v) is 7.50. The molecule has 0 unspecified atom stereocenters. The SMILES string of the molecule is CCOc1ccc(S(=O)(=O)NCCC2=CCCCC2)cc1OCC. The van der Waals surface area contributed by atoms with Gasteiger partial charge in [-0.15, -0.1) is 0 Å². The lowest BCUT2D eigenvalue weighted by molar-refractivity contribution is 0.287. The maximum atomic E-state index is 12.5. The monoisotopic (exact) mass is 353 g/mol. The number of ether oxygens (including phenoxy) is 2. The van der Waals surface area contributed by atoms with Gasteiger partial charge in [-0.3, -0.25) is 0 Å². The summed E-state index contributed by atoms with van der Waals surface area (Å²) in [5.41, 5.74) is 1.35. The van der Waals surface area contributed by atoms with Gasteiger partial charge in [-0.25, -0.2) is 13.1 Å². The lowest BCUT2D eigenvalue weighted by atomic mass is 9.97. The third-order valence-electron chi connectivity index (χ3n) is 3.95. The van der Waals surface area contributed by atoms with Crippen LogP contribution < -0.4 is 14.2 Å². The van der Waals surface area contributed by atoms with E-state index in [1.54, 1.807) is 12.1 Å². The molecule has 0 fully saturated rings. The maximum Gasteiger partial charge on any atom is 0.240 e. The van der Waals surface area contributed by atoms with Gasteiger partial charge >= 0.3 is 0 Å². The summed E-state index contributed by atoms with van der Waals surface area (Å²) in [5, 5.41) is 0. The molecular formula is C18H27NO4S. The van der Waals surface area contributed by atoms with Crippen LogP contribution in [0, 0.1) is 0 Å². The Balaban J connectivity index is 2.04. The molecule has 134 valence electrons. The first kappa shape index (κ1) is 18.8. The molecule has 6 heteroatoms. The van der Waals surface area contributed by atoms with E-state index in [0.717, 1.165) is 19.3 Å². The van der Waals surface area contributed by atoms with E-state index in [4.69, 9.17) is 9.47 Å². The summed E-state index contributed by atoms with van der Waals surface area (Å²) in [7, 11) is -3.55. The smallest absolute Gasteiger partial charge is 0.240 e. The molecule has 1 aromatic rings. The Morgan fingerprint density at radius 1 is 1.08 bits per heavy atom. The third-order valence-corrected chi connectivity index (χ3v) is 5.41. The van der Waals surface area contributed by atoms with Gasteiger partial charge in [-0.1, -0.05) is 11.6 Å². The summed E-state index contributed by atoms with van der Waals surface area (Å²) < 4.78 is 38.6. The predicted molar refractivity (Wildman–Crippen MR) is 95.1 cm³/mol. The van der Waals surface area contributed by atoms with Gasteiger partial charge < -0.3 is 9.47 Å². The van der Waals surface area contributed by atoms with Crippen molar-refractivity contribution < 1.29 is 17.9 Å². The van der Waals surface area contributed by atoms with Crippen LogP contribution in [0.4, 0.5) is 0 Å². The average molecular weight is 353 g/mol. The lowest BCUT2D eigenvalue weighted by Gasteiger charge is -2.14. The standard InChI is InChI=1S/C18H27NO4S/c1-3-22-17-11-10-16(14-18(17)23-4-2)24(20,21)19-13-12-15-8-6-5-7-9-15/h8,10-11,14,19H,3-7,9,12-13H2,1-2H3. The molecule has 0 spiro atoms. The van der Waals surface area contributed by atoms with Crippen LogP contribution >= 0.6 is 0 Å². The number of hydrogen-bond acceptors (Lipinski definition) is 4. The molecule has 0 aromatic heterocycles. The number of sulfonamides is 1. The zero-order chi connectivity index (χ0) is 17.4. The van der Waals surface area contributed by atoms with Gasteiger partial charge in [0, 0.05) is 12.6 Å². The first-order valence-electron chi connectivity index (χ1n) is 8.64. The Hall–Kier alpha value is -1.53. The minimum atomic E-state index is -3.55. The Morgan fingerprint density at radius 3 is 2.50 bits per heavy atom. The average Bonchev–Trinajstić information content (AvgIpc) is 2.57. The molecule has 2 rings (SSSR count). The summed E-state index contributed by atoms with van der Waals surface area (Å²) in [6.07, 6.45) is 7.64. The van der Waals surface area contributed by atoms with Gasteiger partial charge in [0.15, 0.2) is 11.5 Å². The van der Waals surface area contributed by atoms with Crippen molar-refractivity contribution in [2.75, 3.05) is 19.8 Å². The molecule has 1 aliphatic carbocycles. The van der Waals surface area contributed by atoms with Crippen LogP contribution in [0.5, 0.6) is 11.5 Å². The number of hydrogen-bond donors (Lipinski definition) is 1. The van der Waals surface area contributed by atoms with Crippen molar-refractivity contribution in [1.29, 1.82) is 0 Å². The Kier molecular flexibility index (Phi) is 7.12. The molecule has 0 saturated heterocycles. The number of nitrogens with one attached hydrogen (secondary N) is 1. The van der Waals surface area contributed by atoms with E-state index in [9.17, 15) is 8.42 Å². The summed E-state index contributed by atoms with van der Waals surface area (Å²) in [6, 6.07) is 4.72. The van der Waals surface area contributed by atoms with Crippen molar-refractivity contribution in [2.45, 2.75) is 50.8 Å². The highest BCUT2D eigenvalue weighted by atomic mass is 32.2. The molecule has 0 heterocycles. The minimum Gasteiger partial charge on any atom is -0.490 e. The van der Waals surface area contributed by atoms with Crippen LogP contribution in [-0.4, -0.2) is 28.2 Å². The van der Waals surface area contributed by atoms with Crippen LogP contribution in [0.1, 0.15) is 46.0 Å². The van der Waals surface area contributed by atoms with Crippen molar-refractivity contribution in [3.8, 4) is 11.5 Å². The molecule has 0 radical (unpaired) electrons. The topological polar surface area (TPSA) is 64.6 Å². The zero-order valence-corrected chi connectivity index (χ0v) is 15.3. The minimum absolute atomic E-state index is 0.201. The summed E-state index contributed by atoms with van der Waals surface area (Å²) in [6.45, 7) is 5.10. The van der Waals surface area contributed by atoms with E-state index in [-0.39, 0.29) is 4.90 Å². The van der Waals surface area contributed by atoms with Gasteiger partial charge in [-0.2, -0.15) is 0 Å². The van der Waals surface area contributed by atoms with Crippen LogP contribution in [0.15, 0.2) is 34.7 Å². The van der Waals surface area contributed by atoms with E-state index in [0.29, 0.717) is 31.3 Å². The highest BCUT2D eigenvalue weighted by Gasteiger charge is 2.17. The molecule has 1 N–H and O–H groups in total. The van der Waals surface area contributed by atoms with Gasteiger partial charge in [0.1, 0.15) is 0 Å². The molecule has 0 saturated carbocycles. The third kappa shape index (κ3) is 5.24. The Labute approximate surface area is 145 Å². The summed E-state index contributed by atoms with van der Waals surface area (Å²) in [5.74, 6) is 1.02. The van der Waals surface area contributed by atoms with Crippen molar-refractivity contribution in [3.63, 3.8) is 0 Å². The van der Waals surface area contributed by atoms with Crippen molar-refractivity contribution in [3.05, 3.63) is 29.8 Å². The highest BCUT2D eigenvalue weighted by Crippen LogP contribution is 2.30. The highest BCUT2D eigenvalue weighted by molar-refractivity contribution is 7.89. The molecule has 5 nitrogen and oxygen atoms in total. The van der Waals surface area contributed by atoms with Crippen LogP contribution in [0.3, 0.4) is 0 Å². The molecule has 0 amide bonds. The normalized spacial score (nSPS) is 15.0. The van der Waals surface area contributed by atoms with Crippen LogP contribution in [-0.2, 0) is 10.0 Å². The van der Waals surface area contributed by atoms with Gasteiger partial charge in [0.2, 0.25) is 10.0 Å². The largest absolute Gasteiger partial charge is 0.490 e.